The van der Waals surface area contributed by atoms with Crippen molar-refractivity contribution in [3.05, 3.63) is 53.1 Å². The minimum absolute atomic E-state index is 0.210. The van der Waals surface area contributed by atoms with Crippen LogP contribution in [-0.4, -0.2) is 26.9 Å². The van der Waals surface area contributed by atoms with Crippen LogP contribution in [-0.2, 0) is 6.42 Å². The fourth-order valence-corrected chi connectivity index (χ4v) is 2.98. The van der Waals surface area contributed by atoms with Gasteiger partial charge in [0.2, 0.25) is 0 Å². The number of rotatable bonds is 5. The van der Waals surface area contributed by atoms with Crippen molar-refractivity contribution in [1.82, 2.24) is 0 Å². The lowest BCUT2D eigenvalue weighted by Crippen LogP contribution is -2.18. The summed E-state index contributed by atoms with van der Waals surface area (Å²) < 4.78 is 16.8. The van der Waals surface area contributed by atoms with Crippen molar-refractivity contribution in [2.45, 2.75) is 19.3 Å². The van der Waals surface area contributed by atoms with Gasteiger partial charge in [0, 0.05) is 5.92 Å². The Morgan fingerprint density at radius 3 is 2.61 bits per heavy atom. The second-order valence-corrected chi connectivity index (χ2v) is 5.86. The van der Waals surface area contributed by atoms with Crippen molar-refractivity contribution < 1.29 is 14.2 Å². The highest BCUT2D eigenvalue weighted by atomic mass is 16.6. The number of nitrogens with two attached hydrogens (primary N) is 1. The maximum atomic E-state index is 6.05. The molecule has 3 rings (SSSR count). The summed E-state index contributed by atoms with van der Waals surface area (Å²) in [5, 5.41) is 0. The summed E-state index contributed by atoms with van der Waals surface area (Å²) in [4.78, 5) is 0. The molecule has 122 valence electrons. The highest BCUT2D eigenvalue weighted by molar-refractivity contribution is 5.46. The van der Waals surface area contributed by atoms with Crippen molar-refractivity contribution in [3.8, 4) is 17.2 Å². The molecule has 0 saturated carbocycles. The minimum atomic E-state index is 0.210. The summed E-state index contributed by atoms with van der Waals surface area (Å²) in [5.41, 5.74) is 9.61. The molecule has 2 aromatic rings. The fourth-order valence-electron chi connectivity index (χ4n) is 2.98. The van der Waals surface area contributed by atoms with E-state index in [-0.39, 0.29) is 5.92 Å². The van der Waals surface area contributed by atoms with Gasteiger partial charge in [0.25, 0.3) is 0 Å². The number of methoxy groups -OCH3 is 1. The molecule has 2 aromatic carbocycles. The highest BCUT2D eigenvalue weighted by Gasteiger charge is 2.18. The van der Waals surface area contributed by atoms with Gasteiger partial charge < -0.3 is 19.9 Å². The smallest absolute Gasteiger partial charge is 0.161 e. The number of hydrogen-bond acceptors (Lipinski definition) is 4. The second kappa shape index (κ2) is 6.92. The first-order chi connectivity index (χ1) is 11.2. The van der Waals surface area contributed by atoms with Gasteiger partial charge in [0.1, 0.15) is 19.0 Å². The molecule has 1 aliphatic rings. The predicted molar refractivity (Wildman–Crippen MR) is 90.7 cm³/mol. The first kappa shape index (κ1) is 15.7. The van der Waals surface area contributed by atoms with E-state index in [1.807, 2.05) is 18.2 Å². The first-order valence-corrected chi connectivity index (χ1v) is 7.94. The maximum Gasteiger partial charge on any atom is 0.161 e. The first-order valence-electron chi connectivity index (χ1n) is 7.94. The van der Waals surface area contributed by atoms with Crippen LogP contribution in [0.15, 0.2) is 36.4 Å². The molecule has 1 unspecified atom stereocenters. The molecule has 2 N–H and O–H groups in total. The molecule has 23 heavy (non-hydrogen) atoms. The van der Waals surface area contributed by atoms with Gasteiger partial charge in [-0.25, -0.2) is 0 Å². The van der Waals surface area contributed by atoms with Crippen LogP contribution in [0.1, 0.15) is 22.6 Å². The van der Waals surface area contributed by atoms with Gasteiger partial charge in [-0.15, -0.1) is 0 Å². The summed E-state index contributed by atoms with van der Waals surface area (Å²) in [6.45, 7) is 3.85. The highest BCUT2D eigenvalue weighted by Crippen LogP contribution is 2.34. The van der Waals surface area contributed by atoms with E-state index in [1.165, 1.54) is 16.7 Å². The van der Waals surface area contributed by atoms with Gasteiger partial charge in [-0.2, -0.15) is 0 Å². The van der Waals surface area contributed by atoms with Gasteiger partial charge in [0.05, 0.1) is 7.11 Å². The van der Waals surface area contributed by atoms with Crippen LogP contribution in [0.3, 0.4) is 0 Å². The summed E-state index contributed by atoms with van der Waals surface area (Å²) in [7, 11) is 1.70. The van der Waals surface area contributed by atoms with Crippen LogP contribution in [0.4, 0.5) is 0 Å². The third kappa shape index (κ3) is 3.42. The van der Waals surface area contributed by atoms with Crippen LogP contribution in [0.2, 0.25) is 0 Å². The zero-order valence-corrected chi connectivity index (χ0v) is 13.7. The van der Waals surface area contributed by atoms with Gasteiger partial charge in [0.15, 0.2) is 11.5 Å². The maximum absolute atomic E-state index is 6.05. The molecule has 0 bridgehead atoms. The number of aryl methyl sites for hydroxylation is 1. The molecule has 1 aliphatic heterocycles. The number of fused-ring (bicyclic) bond motifs is 1. The summed E-state index contributed by atoms with van der Waals surface area (Å²) in [6.07, 6.45) is 0.834. The van der Waals surface area contributed by atoms with Gasteiger partial charge in [-0.3, -0.25) is 0 Å². The van der Waals surface area contributed by atoms with E-state index in [4.69, 9.17) is 19.9 Å². The molecule has 0 radical (unpaired) electrons. The minimum Gasteiger partial charge on any atom is -0.496 e. The zero-order valence-electron chi connectivity index (χ0n) is 13.7. The molecule has 4 heteroatoms. The topological polar surface area (TPSA) is 53.7 Å². The van der Waals surface area contributed by atoms with E-state index in [9.17, 15) is 0 Å². The van der Waals surface area contributed by atoms with E-state index in [0.29, 0.717) is 19.8 Å². The fraction of sp³-hybridized carbons (Fsp3) is 0.368. The van der Waals surface area contributed by atoms with Crippen LogP contribution in [0.25, 0.3) is 0 Å². The van der Waals surface area contributed by atoms with Crippen LogP contribution in [0, 0.1) is 6.92 Å². The number of hydrogen-bond donors (Lipinski definition) is 1. The lowest BCUT2D eigenvalue weighted by atomic mass is 9.90. The monoisotopic (exact) mass is 313 g/mol. The van der Waals surface area contributed by atoms with E-state index >= 15 is 0 Å². The molecule has 4 nitrogen and oxygen atoms in total. The zero-order chi connectivity index (χ0) is 16.2. The Bertz CT molecular complexity index is 684. The Kier molecular flexibility index (Phi) is 4.72. The molecule has 0 aromatic heterocycles. The third-order valence-electron chi connectivity index (χ3n) is 4.22. The lowest BCUT2D eigenvalue weighted by Gasteiger charge is -2.22. The molecule has 1 heterocycles. The Balaban J connectivity index is 1.87. The van der Waals surface area contributed by atoms with E-state index in [1.54, 1.807) is 7.11 Å². The predicted octanol–water partition coefficient (Wildman–Crippen LogP) is 3.06. The Morgan fingerprint density at radius 1 is 1.09 bits per heavy atom. The van der Waals surface area contributed by atoms with Crippen molar-refractivity contribution >= 4 is 0 Å². The van der Waals surface area contributed by atoms with Crippen molar-refractivity contribution in [3.63, 3.8) is 0 Å². The molecule has 0 spiro atoms. The second-order valence-electron chi connectivity index (χ2n) is 5.86. The Hall–Kier alpha value is -2.20. The van der Waals surface area contributed by atoms with Gasteiger partial charge in [-0.05, 0) is 49.2 Å². The Morgan fingerprint density at radius 2 is 1.87 bits per heavy atom. The molecule has 1 atom stereocenters. The Labute approximate surface area is 137 Å². The molecule has 0 saturated heterocycles. The summed E-state index contributed by atoms with van der Waals surface area (Å²) in [6, 6.07) is 12.3. The van der Waals surface area contributed by atoms with Gasteiger partial charge in [-0.1, -0.05) is 23.8 Å². The standard InChI is InChI=1S/C19H23NO3/c1-13-3-5-17(21-2)15(9-13)10-16(12-20)14-4-6-18-19(11-14)23-8-7-22-18/h3-6,9,11,16H,7-8,10,12,20H2,1-2H3. The summed E-state index contributed by atoms with van der Waals surface area (Å²) >= 11 is 0. The SMILES string of the molecule is COc1ccc(C)cc1CC(CN)c1ccc2c(c1)OCCO2. The largest absolute Gasteiger partial charge is 0.496 e. The molecule has 0 amide bonds. The van der Waals surface area contributed by atoms with E-state index < -0.39 is 0 Å². The van der Waals surface area contributed by atoms with Crippen molar-refractivity contribution in [2.24, 2.45) is 5.73 Å². The van der Waals surface area contributed by atoms with Crippen molar-refractivity contribution in [1.29, 1.82) is 0 Å². The normalized spacial score (nSPS) is 14.4. The third-order valence-corrected chi connectivity index (χ3v) is 4.22. The molecular formula is C19H23NO3. The average molecular weight is 313 g/mol. The van der Waals surface area contributed by atoms with Gasteiger partial charge >= 0.3 is 0 Å². The molecule has 0 aliphatic carbocycles. The van der Waals surface area contributed by atoms with E-state index in [2.05, 4.69) is 25.1 Å². The molecule has 0 fully saturated rings. The van der Waals surface area contributed by atoms with Crippen LogP contribution >= 0.6 is 0 Å². The quantitative estimate of drug-likeness (QED) is 0.922. The average Bonchev–Trinajstić information content (AvgIpc) is 2.59. The lowest BCUT2D eigenvalue weighted by molar-refractivity contribution is 0.171. The summed E-state index contributed by atoms with van der Waals surface area (Å²) in [5.74, 6) is 2.74. The van der Waals surface area contributed by atoms with Crippen LogP contribution in [0.5, 0.6) is 17.2 Å². The van der Waals surface area contributed by atoms with Crippen molar-refractivity contribution in [2.75, 3.05) is 26.9 Å². The van der Waals surface area contributed by atoms with Crippen LogP contribution < -0.4 is 19.9 Å². The van der Waals surface area contributed by atoms with E-state index in [0.717, 1.165) is 23.7 Å². The number of ether oxygens (including phenoxy) is 3. The molecular weight excluding hydrogens is 290 g/mol. The number of benzene rings is 2.